The summed E-state index contributed by atoms with van der Waals surface area (Å²) < 4.78 is 10.5. The van der Waals surface area contributed by atoms with Crippen LogP contribution in [0.4, 0.5) is 0 Å². The molecule has 0 radical (unpaired) electrons. The maximum Gasteiger partial charge on any atom is 0.0593 e. The van der Waals surface area contributed by atoms with E-state index in [0.717, 1.165) is 45.2 Å². The van der Waals surface area contributed by atoms with Crippen LogP contribution in [0.1, 0.15) is 19.3 Å². The lowest BCUT2D eigenvalue weighted by atomic mass is 10.1. The van der Waals surface area contributed by atoms with E-state index < -0.39 is 0 Å². The lowest BCUT2D eigenvalue weighted by Crippen LogP contribution is -2.41. The maximum atomic E-state index is 5.79. The molecule has 0 amide bonds. The largest absolute Gasteiger partial charge is 0.385 e. The zero-order valence-corrected chi connectivity index (χ0v) is 10.7. The fourth-order valence-corrected chi connectivity index (χ4v) is 2.00. The highest BCUT2D eigenvalue weighted by molar-refractivity contribution is 4.87. The van der Waals surface area contributed by atoms with Crippen LogP contribution in [0.2, 0.25) is 0 Å². The molecule has 96 valence electrons. The number of likely N-dealkylation sites (N-methyl/N-ethyl adjacent to an activating group) is 1. The van der Waals surface area contributed by atoms with E-state index in [1.54, 1.807) is 7.11 Å². The molecule has 0 heterocycles. The van der Waals surface area contributed by atoms with Crippen LogP contribution in [0.3, 0.4) is 0 Å². The summed E-state index contributed by atoms with van der Waals surface area (Å²) in [5.74, 6) is 0.837. The molecule has 0 aromatic carbocycles. The van der Waals surface area contributed by atoms with E-state index in [1.807, 2.05) is 0 Å². The molecule has 1 aliphatic carbocycles. The van der Waals surface area contributed by atoms with Crippen LogP contribution in [0.25, 0.3) is 0 Å². The van der Waals surface area contributed by atoms with Crippen molar-refractivity contribution in [3.63, 3.8) is 0 Å². The maximum absolute atomic E-state index is 5.79. The van der Waals surface area contributed by atoms with E-state index in [1.165, 1.54) is 12.8 Å². The van der Waals surface area contributed by atoms with Gasteiger partial charge in [0.05, 0.1) is 6.61 Å². The molecule has 1 atom stereocenters. The van der Waals surface area contributed by atoms with Crippen LogP contribution in [0, 0.1) is 5.92 Å². The minimum Gasteiger partial charge on any atom is -0.385 e. The number of ether oxygens (including phenoxy) is 2. The predicted octanol–water partition coefficient (Wildman–Crippen LogP) is 0.709. The molecule has 0 saturated heterocycles. The van der Waals surface area contributed by atoms with Gasteiger partial charge in [0.25, 0.3) is 0 Å². The van der Waals surface area contributed by atoms with Gasteiger partial charge in [0, 0.05) is 39.5 Å². The normalized spacial score (nSPS) is 18.0. The third kappa shape index (κ3) is 5.25. The zero-order valence-electron chi connectivity index (χ0n) is 10.7. The first-order valence-corrected chi connectivity index (χ1v) is 6.26. The first-order valence-electron chi connectivity index (χ1n) is 6.26. The summed E-state index contributed by atoms with van der Waals surface area (Å²) in [7, 11) is 3.86. The van der Waals surface area contributed by atoms with E-state index in [0.29, 0.717) is 6.04 Å². The highest BCUT2D eigenvalue weighted by Crippen LogP contribution is 2.34. The van der Waals surface area contributed by atoms with Crippen molar-refractivity contribution in [2.45, 2.75) is 25.3 Å². The van der Waals surface area contributed by atoms with Gasteiger partial charge in [0.15, 0.2) is 0 Å². The lowest BCUT2D eigenvalue weighted by Gasteiger charge is -2.26. The monoisotopic (exact) mass is 230 g/mol. The van der Waals surface area contributed by atoms with Crippen molar-refractivity contribution in [1.29, 1.82) is 0 Å². The van der Waals surface area contributed by atoms with Gasteiger partial charge in [0.2, 0.25) is 0 Å². The van der Waals surface area contributed by atoms with Crippen LogP contribution in [0.15, 0.2) is 0 Å². The molecule has 4 heteroatoms. The number of nitrogens with zero attached hydrogens (tertiary/aromatic N) is 1. The molecule has 1 saturated carbocycles. The number of methoxy groups -OCH3 is 1. The highest BCUT2D eigenvalue weighted by Gasteiger charge is 2.32. The van der Waals surface area contributed by atoms with Crippen molar-refractivity contribution in [2.75, 3.05) is 47.1 Å². The third-order valence-electron chi connectivity index (χ3n) is 3.20. The number of hydrogen-bond acceptors (Lipinski definition) is 4. The van der Waals surface area contributed by atoms with Crippen molar-refractivity contribution < 1.29 is 9.47 Å². The number of nitrogens with two attached hydrogens (primary N) is 1. The molecule has 1 rings (SSSR count). The van der Waals surface area contributed by atoms with Crippen molar-refractivity contribution in [3.8, 4) is 0 Å². The second kappa shape index (κ2) is 8.01. The van der Waals surface area contributed by atoms with Gasteiger partial charge < -0.3 is 15.2 Å². The minimum atomic E-state index is 0.558. The van der Waals surface area contributed by atoms with Crippen molar-refractivity contribution >= 4 is 0 Å². The standard InChI is InChI=1S/C12H26N2O2/c1-14(12(10-13)11-4-5-11)6-9-16-8-3-7-15-2/h11-12H,3-10,13H2,1-2H3. The van der Waals surface area contributed by atoms with E-state index >= 15 is 0 Å². The molecule has 1 fully saturated rings. The van der Waals surface area contributed by atoms with Crippen LogP contribution < -0.4 is 5.73 Å². The minimum absolute atomic E-state index is 0.558. The van der Waals surface area contributed by atoms with Gasteiger partial charge in [-0.15, -0.1) is 0 Å². The number of hydrogen-bond donors (Lipinski definition) is 1. The van der Waals surface area contributed by atoms with E-state index in [9.17, 15) is 0 Å². The molecule has 1 unspecified atom stereocenters. The van der Waals surface area contributed by atoms with Gasteiger partial charge in [-0.05, 0) is 32.2 Å². The number of rotatable bonds is 10. The Balaban J connectivity index is 1.98. The Labute approximate surface area is 99.1 Å². The van der Waals surface area contributed by atoms with E-state index in [4.69, 9.17) is 15.2 Å². The lowest BCUT2D eigenvalue weighted by molar-refractivity contribution is 0.0783. The fourth-order valence-electron chi connectivity index (χ4n) is 2.00. The Morgan fingerprint density at radius 1 is 1.31 bits per heavy atom. The first-order chi connectivity index (χ1) is 7.79. The van der Waals surface area contributed by atoms with Crippen molar-refractivity contribution in [3.05, 3.63) is 0 Å². The second-order valence-corrected chi connectivity index (χ2v) is 4.58. The quantitative estimate of drug-likeness (QED) is 0.562. The molecule has 0 aliphatic heterocycles. The molecule has 4 nitrogen and oxygen atoms in total. The molecule has 0 aromatic rings. The van der Waals surface area contributed by atoms with Crippen molar-refractivity contribution in [2.24, 2.45) is 11.7 Å². The van der Waals surface area contributed by atoms with E-state index in [2.05, 4.69) is 11.9 Å². The van der Waals surface area contributed by atoms with Crippen LogP contribution in [-0.2, 0) is 9.47 Å². The highest BCUT2D eigenvalue weighted by atomic mass is 16.5. The van der Waals surface area contributed by atoms with Gasteiger partial charge in [-0.3, -0.25) is 4.90 Å². The zero-order chi connectivity index (χ0) is 11.8. The van der Waals surface area contributed by atoms with E-state index in [-0.39, 0.29) is 0 Å². The Kier molecular flexibility index (Phi) is 6.96. The summed E-state index contributed by atoms with van der Waals surface area (Å²) in [5.41, 5.74) is 5.79. The summed E-state index contributed by atoms with van der Waals surface area (Å²) in [6.07, 6.45) is 3.67. The topological polar surface area (TPSA) is 47.7 Å². The smallest absolute Gasteiger partial charge is 0.0593 e. The summed E-state index contributed by atoms with van der Waals surface area (Å²) in [5, 5.41) is 0. The van der Waals surface area contributed by atoms with Gasteiger partial charge in [-0.1, -0.05) is 0 Å². The van der Waals surface area contributed by atoms with Gasteiger partial charge in [0.1, 0.15) is 0 Å². The summed E-state index contributed by atoms with van der Waals surface area (Å²) in [4.78, 5) is 2.34. The average Bonchev–Trinajstić information content (AvgIpc) is 3.08. The van der Waals surface area contributed by atoms with Crippen LogP contribution in [0.5, 0.6) is 0 Å². The third-order valence-corrected chi connectivity index (χ3v) is 3.20. The molecule has 0 bridgehead atoms. The summed E-state index contributed by atoms with van der Waals surface area (Å²) in [6, 6.07) is 0.558. The molecule has 0 spiro atoms. The van der Waals surface area contributed by atoms with Gasteiger partial charge in [-0.25, -0.2) is 0 Å². The van der Waals surface area contributed by atoms with Crippen LogP contribution >= 0.6 is 0 Å². The molecule has 1 aliphatic rings. The average molecular weight is 230 g/mol. The molecule has 16 heavy (non-hydrogen) atoms. The van der Waals surface area contributed by atoms with Gasteiger partial charge >= 0.3 is 0 Å². The summed E-state index contributed by atoms with van der Waals surface area (Å²) in [6.45, 7) is 4.11. The predicted molar refractivity (Wildman–Crippen MR) is 65.5 cm³/mol. The Hall–Kier alpha value is -0.160. The Morgan fingerprint density at radius 2 is 2.06 bits per heavy atom. The SMILES string of the molecule is COCCCOCCN(C)C(CN)C1CC1. The molecular weight excluding hydrogens is 204 g/mol. The Bertz CT molecular complexity index is 174. The second-order valence-electron chi connectivity index (χ2n) is 4.58. The van der Waals surface area contributed by atoms with Gasteiger partial charge in [-0.2, -0.15) is 0 Å². The Morgan fingerprint density at radius 3 is 2.62 bits per heavy atom. The van der Waals surface area contributed by atoms with Crippen LogP contribution in [-0.4, -0.2) is 58.0 Å². The molecule has 2 N–H and O–H groups in total. The fraction of sp³-hybridized carbons (Fsp3) is 1.00. The van der Waals surface area contributed by atoms with Crippen molar-refractivity contribution in [1.82, 2.24) is 4.90 Å². The summed E-state index contributed by atoms with van der Waals surface area (Å²) >= 11 is 0. The molecule has 0 aromatic heterocycles. The molecular formula is C12H26N2O2. The first kappa shape index (κ1) is 13.9.